The average molecular weight is 745 g/mol. The van der Waals surface area contributed by atoms with Gasteiger partial charge in [0.2, 0.25) is 0 Å². The molecular formula is C43H41ClN2O6Si. The van der Waals surface area contributed by atoms with Crippen LogP contribution in [-0.4, -0.2) is 44.8 Å². The van der Waals surface area contributed by atoms with Crippen molar-refractivity contribution in [2.75, 3.05) is 23.5 Å². The van der Waals surface area contributed by atoms with E-state index in [-0.39, 0.29) is 42.5 Å². The quantitative estimate of drug-likeness (QED) is 0.160. The summed E-state index contributed by atoms with van der Waals surface area (Å²) in [6.45, 7) is 6.93. The summed E-state index contributed by atoms with van der Waals surface area (Å²) in [5.41, 5.74) is 2.76. The molecule has 0 aliphatic carbocycles. The molecule has 2 amide bonds. The van der Waals surface area contributed by atoms with Crippen LogP contribution < -0.4 is 24.5 Å². The lowest BCUT2D eigenvalue weighted by Gasteiger charge is -2.37. The van der Waals surface area contributed by atoms with Gasteiger partial charge in [-0.3, -0.25) is 14.5 Å². The maximum absolute atomic E-state index is 15.2. The second-order valence-electron chi connectivity index (χ2n) is 14.6. The molecule has 1 spiro atoms. The molecule has 53 heavy (non-hydrogen) atoms. The Hall–Kier alpha value is -4.93. The summed E-state index contributed by atoms with van der Waals surface area (Å²) in [6, 6.07) is 36.2. The van der Waals surface area contributed by atoms with Gasteiger partial charge in [0.15, 0.2) is 11.4 Å². The number of carbonyl (C=O) groups is 2. The van der Waals surface area contributed by atoms with Gasteiger partial charge < -0.3 is 24.2 Å². The fraction of sp³-hybridized carbons (Fsp3) is 0.256. The van der Waals surface area contributed by atoms with Crippen LogP contribution in [0.4, 0.5) is 17.1 Å². The van der Waals surface area contributed by atoms with Crippen LogP contribution in [0.5, 0.6) is 17.2 Å². The Morgan fingerprint density at radius 3 is 2.36 bits per heavy atom. The van der Waals surface area contributed by atoms with Gasteiger partial charge in [-0.2, -0.15) is 0 Å². The maximum Gasteiger partial charge on any atom is 0.266 e. The van der Waals surface area contributed by atoms with E-state index in [2.05, 4.69) is 32.2 Å². The van der Waals surface area contributed by atoms with E-state index in [0.29, 0.717) is 39.9 Å². The zero-order chi connectivity index (χ0) is 37.1. The number of hydrogen-bond acceptors (Lipinski definition) is 6. The Bertz CT molecular complexity index is 2230. The van der Waals surface area contributed by atoms with Crippen molar-refractivity contribution in [3.05, 3.63) is 137 Å². The van der Waals surface area contributed by atoms with Gasteiger partial charge in [0.25, 0.3) is 11.8 Å². The first-order valence-electron chi connectivity index (χ1n) is 17.9. The fourth-order valence-corrected chi connectivity index (χ4v) is 13.1. The smallest absolute Gasteiger partial charge is 0.266 e. The van der Waals surface area contributed by atoms with Crippen molar-refractivity contribution in [3.8, 4) is 17.2 Å². The summed E-state index contributed by atoms with van der Waals surface area (Å²) in [5.74, 6) is 1.25. The van der Waals surface area contributed by atoms with Gasteiger partial charge in [0.1, 0.15) is 11.5 Å². The van der Waals surface area contributed by atoms with Gasteiger partial charge in [-0.25, -0.2) is 0 Å². The highest BCUT2D eigenvalue weighted by Crippen LogP contribution is 2.60. The van der Waals surface area contributed by atoms with Crippen molar-refractivity contribution in [2.45, 2.75) is 50.2 Å². The number of hydrogen-bond donors (Lipinski definition) is 1. The van der Waals surface area contributed by atoms with Gasteiger partial charge in [0, 0.05) is 28.8 Å². The van der Waals surface area contributed by atoms with E-state index in [1.807, 2.05) is 84.9 Å². The molecule has 3 aliphatic rings. The molecule has 1 saturated heterocycles. The molecular weight excluding hydrogens is 704 g/mol. The number of aliphatic hydroxyl groups is 1. The number of nitrogens with zero attached hydrogens (tertiary/aromatic N) is 2. The number of para-hydroxylation sites is 3. The topological polar surface area (TPSA) is 88.5 Å². The molecule has 1 fully saturated rings. The lowest BCUT2D eigenvalue weighted by atomic mass is 9.82. The number of amides is 2. The highest BCUT2D eigenvalue weighted by molar-refractivity contribution is 6.91. The van der Waals surface area contributed by atoms with E-state index in [1.165, 1.54) is 5.19 Å². The molecule has 3 heterocycles. The predicted octanol–water partition coefficient (Wildman–Crippen LogP) is 8.58. The van der Waals surface area contributed by atoms with Gasteiger partial charge in [-0.05, 0) is 84.3 Å². The highest BCUT2D eigenvalue weighted by atomic mass is 35.5. The van der Waals surface area contributed by atoms with Crippen LogP contribution in [0.15, 0.2) is 115 Å². The first-order valence-corrected chi connectivity index (χ1v) is 21.4. The number of halogens is 1. The number of anilines is 3. The van der Waals surface area contributed by atoms with Crippen LogP contribution in [0, 0.1) is 5.92 Å². The molecule has 4 atom stereocenters. The third-order valence-electron chi connectivity index (χ3n) is 11.4. The SMILES string of the molecule is COc1ccc([Si](C)(C)[C@H]2[C@H](CCO)O[C@@]3(C(=O)N(Cc4cccc(N5C(=O)c6ccccc6Oc6ccccc65)c4)c4ccc(Cl)cc43)[C@@H]2C)cc1. The lowest BCUT2D eigenvalue weighted by molar-refractivity contribution is -0.146. The minimum absolute atomic E-state index is 0.00122. The van der Waals surface area contributed by atoms with E-state index in [4.69, 9.17) is 25.8 Å². The molecule has 0 unspecified atom stereocenters. The zero-order valence-electron chi connectivity index (χ0n) is 30.1. The second kappa shape index (κ2) is 13.5. The van der Waals surface area contributed by atoms with Crippen molar-refractivity contribution in [2.24, 2.45) is 5.92 Å². The molecule has 0 radical (unpaired) electrons. The molecule has 10 heteroatoms. The summed E-state index contributed by atoms with van der Waals surface area (Å²) in [7, 11) is -0.678. The van der Waals surface area contributed by atoms with E-state index in [1.54, 1.807) is 35.1 Å². The minimum atomic E-state index is -2.33. The van der Waals surface area contributed by atoms with Crippen LogP contribution in [0.3, 0.4) is 0 Å². The Balaban J connectivity index is 1.17. The number of fused-ring (bicyclic) bond motifs is 4. The van der Waals surface area contributed by atoms with Crippen molar-refractivity contribution in [1.29, 1.82) is 0 Å². The number of methoxy groups -OCH3 is 1. The van der Waals surface area contributed by atoms with Gasteiger partial charge >= 0.3 is 0 Å². The van der Waals surface area contributed by atoms with Gasteiger partial charge in [-0.1, -0.05) is 85.3 Å². The number of rotatable bonds is 8. The van der Waals surface area contributed by atoms with Crippen molar-refractivity contribution >= 4 is 53.7 Å². The largest absolute Gasteiger partial charge is 0.497 e. The molecule has 270 valence electrons. The van der Waals surface area contributed by atoms with Crippen LogP contribution >= 0.6 is 11.6 Å². The molecule has 8 rings (SSSR count). The van der Waals surface area contributed by atoms with Crippen LogP contribution in [-0.2, 0) is 21.7 Å². The summed E-state index contributed by atoms with van der Waals surface area (Å²) < 4.78 is 18.7. The minimum Gasteiger partial charge on any atom is -0.497 e. The normalized spacial score (nSPS) is 22.0. The van der Waals surface area contributed by atoms with E-state index < -0.39 is 13.7 Å². The number of carbonyl (C=O) groups excluding carboxylic acids is 2. The summed E-state index contributed by atoms with van der Waals surface area (Å²) in [5, 5.41) is 12.0. The van der Waals surface area contributed by atoms with Crippen molar-refractivity contribution in [3.63, 3.8) is 0 Å². The predicted molar refractivity (Wildman–Crippen MR) is 210 cm³/mol. The molecule has 1 N–H and O–H groups in total. The monoisotopic (exact) mass is 744 g/mol. The van der Waals surface area contributed by atoms with E-state index in [0.717, 1.165) is 22.6 Å². The maximum atomic E-state index is 15.2. The second-order valence-corrected chi connectivity index (χ2v) is 19.7. The van der Waals surface area contributed by atoms with Crippen LogP contribution in [0.1, 0.15) is 34.8 Å². The molecule has 8 nitrogen and oxygen atoms in total. The first-order chi connectivity index (χ1) is 25.6. The van der Waals surface area contributed by atoms with Crippen molar-refractivity contribution in [1.82, 2.24) is 0 Å². The third kappa shape index (κ3) is 5.65. The van der Waals surface area contributed by atoms with Crippen molar-refractivity contribution < 1.29 is 28.9 Å². The zero-order valence-corrected chi connectivity index (χ0v) is 31.8. The Morgan fingerprint density at radius 1 is 0.868 bits per heavy atom. The Kier molecular flexibility index (Phi) is 8.93. The molecule has 0 aromatic heterocycles. The molecule has 0 saturated carbocycles. The summed E-state index contributed by atoms with van der Waals surface area (Å²) >= 11 is 6.67. The number of benzene rings is 5. The summed E-state index contributed by atoms with van der Waals surface area (Å²) in [4.78, 5) is 32.8. The highest BCUT2D eigenvalue weighted by Gasteiger charge is 2.66. The molecule has 5 aromatic rings. The standard InChI is InChI=1S/C43H41ClN2O6Si/c1-27-40(53(3,4)32-19-17-31(50-2)18-20-32)39(22-23-47)52-43(27)34-25-29(44)16-21-35(34)45(42(43)49)26-28-10-9-11-30(24-28)46-36-13-6-8-15-38(36)51-37-14-7-5-12-33(37)41(46)48/h5-21,24-25,27,39-40,47H,22-23,26H2,1-4H3/t27-,39+,40-,43+/m1/s1. The number of aliphatic hydroxyl groups excluding tert-OH is 1. The third-order valence-corrected chi connectivity index (χ3v) is 16.0. The van der Waals surface area contributed by atoms with Gasteiger partial charge in [0.05, 0.1) is 44.8 Å². The van der Waals surface area contributed by atoms with Gasteiger partial charge in [-0.15, -0.1) is 0 Å². The first kappa shape index (κ1) is 35.1. The molecule has 0 bridgehead atoms. The fourth-order valence-electron chi connectivity index (χ4n) is 8.88. The summed E-state index contributed by atoms with van der Waals surface area (Å²) in [6.07, 6.45) is 0.0595. The number of ether oxygens (including phenoxy) is 3. The van der Waals surface area contributed by atoms with E-state index >= 15 is 4.79 Å². The van der Waals surface area contributed by atoms with E-state index in [9.17, 15) is 9.90 Å². The van der Waals surface area contributed by atoms with Crippen LogP contribution in [0.25, 0.3) is 0 Å². The molecule has 3 aliphatic heterocycles. The Labute approximate surface area is 315 Å². The Morgan fingerprint density at radius 2 is 1.60 bits per heavy atom. The molecule has 5 aromatic carbocycles. The lowest BCUT2D eigenvalue weighted by Crippen LogP contribution is -2.51. The van der Waals surface area contributed by atoms with Crippen LogP contribution in [0.2, 0.25) is 23.7 Å². The average Bonchev–Trinajstić information content (AvgIpc) is 3.53.